The van der Waals surface area contributed by atoms with Crippen molar-refractivity contribution >= 4 is 33.5 Å². The van der Waals surface area contributed by atoms with Gasteiger partial charge < -0.3 is 5.73 Å². The van der Waals surface area contributed by atoms with Crippen LogP contribution in [0.15, 0.2) is 52.1 Å². The lowest BCUT2D eigenvalue weighted by Gasteiger charge is -2.04. The number of nitrogens with one attached hydrogen (secondary N) is 1. The topological polar surface area (TPSA) is 62.8 Å². The van der Waals surface area contributed by atoms with Crippen LogP contribution in [0.4, 0.5) is 0 Å². The predicted octanol–water partition coefficient (Wildman–Crippen LogP) is 3.42. The Kier molecular flexibility index (Phi) is 4.38. The summed E-state index contributed by atoms with van der Waals surface area (Å²) >= 11 is 5.14. The van der Waals surface area contributed by atoms with Gasteiger partial charge in [-0.1, -0.05) is 24.3 Å². The standard InChI is InChI=1S/C13H12BrN3S/c14-11-2-1-7-17-13(11)18-8-9-3-5-10(6-4-9)12(15)16/h1-7H,8H2,(H3,15,16). The molecule has 2 aromatic rings. The molecule has 3 nitrogen and oxygen atoms in total. The van der Waals surface area contributed by atoms with Gasteiger partial charge in [0.05, 0.1) is 0 Å². The zero-order valence-corrected chi connectivity index (χ0v) is 12.0. The Balaban J connectivity index is 2.02. The number of nitrogens with zero attached hydrogens (tertiary/aromatic N) is 1. The van der Waals surface area contributed by atoms with E-state index in [-0.39, 0.29) is 5.84 Å². The molecule has 0 radical (unpaired) electrons. The summed E-state index contributed by atoms with van der Waals surface area (Å²) in [5.41, 5.74) is 7.35. The lowest BCUT2D eigenvalue weighted by Crippen LogP contribution is -2.10. The van der Waals surface area contributed by atoms with Gasteiger partial charge >= 0.3 is 0 Å². The molecule has 0 fully saturated rings. The Morgan fingerprint density at radius 2 is 2.00 bits per heavy atom. The molecule has 0 unspecified atom stereocenters. The van der Waals surface area contributed by atoms with Crippen LogP contribution >= 0.6 is 27.7 Å². The highest BCUT2D eigenvalue weighted by Gasteiger charge is 2.02. The quantitative estimate of drug-likeness (QED) is 0.515. The molecular weight excluding hydrogens is 310 g/mol. The number of nitrogens with two attached hydrogens (primary N) is 1. The van der Waals surface area contributed by atoms with Crippen LogP contribution in [0.25, 0.3) is 0 Å². The number of benzene rings is 1. The summed E-state index contributed by atoms with van der Waals surface area (Å²) < 4.78 is 1.01. The molecule has 5 heteroatoms. The van der Waals surface area contributed by atoms with E-state index in [1.165, 1.54) is 5.56 Å². The van der Waals surface area contributed by atoms with Crippen molar-refractivity contribution in [2.75, 3.05) is 0 Å². The highest BCUT2D eigenvalue weighted by atomic mass is 79.9. The van der Waals surface area contributed by atoms with Crippen LogP contribution in [0, 0.1) is 5.41 Å². The number of hydrogen-bond donors (Lipinski definition) is 2. The second-order valence-electron chi connectivity index (χ2n) is 3.69. The number of amidine groups is 1. The number of aromatic nitrogens is 1. The molecule has 1 aromatic heterocycles. The molecule has 0 aliphatic heterocycles. The van der Waals surface area contributed by atoms with E-state index in [0.29, 0.717) is 0 Å². The van der Waals surface area contributed by atoms with E-state index in [0.717, 1.165) is 20.8 Å². The molecular formula is C13H12BrN3S. The first-order valence-corrected chi connectivity index (χ1v) is 7.11. The van der Waals surface area contributed by atoms with Crippen molar-refractivity contribution in [3.05, 3.63) is 58.2 Å². The zero-order chi connectivity index (χ0) is 13.0. The van der Waals surface area contributed by atoms with Crippen molar-refractivity contribution in [3.63, 3.8) is 0 Å². The molecule has 18 heavy (non-hydrogen) atoms. The van der Waals surface area contributed by atoms with Crippen LogP contribution in [0.3, 0.4) is 0 Å². The fraction of sp³-hybridized carbons (Fsp3) is 0.0769. The third-order valence-electron chi connectivity index (χ3n) is 2.37. The van der Waals surface area contributed by atoms with Gasteiger partial charge in [-0.15, -0.1) is 11.8 Å². The Morgan fingerprint density at radius 3 is 2.61 bits per heavy atom. The van der Waals surface area contributed by atoms with Crippen molar-refractivity contribution in [3.8, 4) is 0 Å². The van der Waals surface area contributed by atoms with E-state index in [4.69, 9.17) is 11.1 Å². The van der Waals surface area contributed by atoms with Crippen molar-refractivity contribution in [1.29, 1.82) is 5.41 Å². The Labute approximate surface area is 118 Å². The van der Waals surface area contributed by atoms with Crippen LogP contribution in [-0.2, 0) is 5.75 Å². The van der Waals surface area contributed by atoms with E-state index in [1.807, 2.05) is 36.4 Å². The number of nitrogen functional groups attached to an aromatic ring is 1. The third-order valence-corrected chi connectivity index (χ3v) is 4.34. The van der Waals surface area contributed by atoms with E-state index >= 15 is 0 Å². The van der Waals surface area contributed by atoms with Gasteiger partial charge in [0.2, 0.25) is 0 Å². The van der Waals surface area contributed by atoms with Crippen molar-refractivity contribution in [1.82, 2.24) is 4.98 Å². The average molecular weight is 322 g/mol. The summed E-state index contributed by atoms with van der Waals surface area (Å²) in [6.07, 6.45) is 1.78. The molecule has 3 N–H and O–H groups in total. The van der Waals surface area contributed by atoms with Gasteiger partial charge in [-0.25, -0.2) is 4.98 Å². The fourth-order valence-electron chi connectivity index (χ4n) is 1.41. The monoisotopic (exact) mass is 321 g/mol. The SMILES string of the molecule is N=C(N)c1ccc(CSc2ncccc2Br)cc1. The van der Waals surface area contributed by atoms with Crippen LogP contribution < -0.4 is 5.73 Å². The summed E-state index contributed by atoms with van der Waals surface area (Å²) in [4.78, 5) is 4.30. The molecule has 0 spiro atoms. The normalized spacial score (nSPS) is 10.3. The first-order valence-electron chi connectivity index (χ1n) is 5.33. The summed E-state index contributed by atoms with van der Waals surface area (Å²) in [7, 11) is 0. The maximum Gasteiger partial charge on any atom is 0.122 e. The second kappa shape index (κ2) is 6.02. The maximum absolute atomic E-state index is 7.33. The van der Waals surface area contributed by atoms with Crippen LogP contribution in [0.1, 0.15) is 11.1 Å². The number of halogens is 1. The predicted molar refractivity (Wildman–Crippen MR) is 79.0 cm³/mol. The van der Waals surface area contributed by atoms with Crippen molar-refractivity contribution < 1.29 is 0 Å². The van der Waals surface area contributed by atoms with Gasteiger partial charge in [-0.3, -0.25) is 5.41 Å². The van der Waals surface area contributed by atoms with Gasteiger partial charge in [-0.05, 0) is 33.6 Å². The molecule has 0 amide bonds. The molecule has 92 valence electrons. The minimum atomic E-state index is 0.0988. The number of rotatable bonds is 4. The van der Waals surface area contributed by atoms with Crippen molar-refractivity contribution in [2.24, 2.45) is 5.73 Å². The summed E-state index contributed by atoms with van der Waals surface area (Å²) in [5, 5.41) is 8.31. The first kappa shape index (κ1) is 13.1. The Morgan fingerprint density at radius 1 is 1.28 bits per heavy atom. The fourth-order valence-corrected chi connectivity index (χ4v) is 2.85. The molecule has 2 rings (SSSR count). The minimum Gasteiger partial charge on any atom is -0.384 e. The Hall–Kier alpha value is -1.33. The Bertz CT molecular complexity index is 554. The molecule has 0 atom stereocenters. The third kappa shape index (κ3) is 3.34. The van der Waals surface area contributed by atoms with E-state index in [9.17, 15) is 0 Å². The molecule has 0 aliphatic carbocycles. The molecule has 0 saturated heterocycles. The largest absolute Gasteiger partial charge is 0.384 e. The van der Waals surface area contributed by atoms with Crippen LogP contribution in [0.2, 0.25) is 0 Å². The minimum absolute atomic E-state index is 0.0988. The van der Waals surface area contributed by atoms with E-state index in [2.05, 4.69) is 20.9 Å². The maximum atomic E-state index is 7.33. The smallest absolute Gasteiger partial charge is 0.122 e. The molecule has 0 bridgehead atoms. The van der Waals surface area contributed by atoms with E-state index in [1.54, 1.807) is 18.0 Å². The molecule has 0 saturated carbocycles. The summed E-state index contributed by atoms with van der Waals surface area (Å²) in [5.74, 6) is 0.940. The summed E-state index contributed by atoms with van der Waals surface area (Å²) in [6.45, 7) is 0. The summed E-state index contributed by atoms with van der Waals surface area (Å²) in [6, 6.07) is 11.6. The first-order chi connectivity index (χ1) is 8.66. The molecule has 1 aromatic carbocycles. The highest BCUT2D eigenvalue weighted by molar-refractivity contribution is 9.10. The van der Waals surface area contributed by atoms with Gasteiger partial charge in [-0.2, -0.15) is 0 Å². The van der Waals surface area contributed by atoms with Gasteiger partial charge in [0, 0.05) is 22.0 Å². The second-order valence-corrected chi connectivity index (χ2v) is 5.51. The lowest BCUT2D eigenvalue weighted by atomic mass is 10.1. The van der Waals surface area contributed by atoms with Gasteiger partial charge in [0.25, 0.3) is 0 Å². The van der Waals surface area contributed by atoms with Crippen LogP contribution in [0.5, 0.6) is 0 Å². The number of pyridine rings is 1. The van der Waals surface area contributed by atoms with Gasteiger partial charge in [0.15, 0.2) is 0 Å². The zero-order valence-electron chi connectivity index (χ0n) is 9.56. The van der Waals surface area contributed by atoms with Gasteiger partial charge in [0.1, 0.15) is 10.9 Å². The van der Waals surface area contributed by atoms with Crippen molar-refractivity contribution in [2.45, 2.75) is 10.8 Å². The van der Waals surface area contributed by atoms with Crippen LogP contribution in [-0.4, -0.2) is 10.8 Å². The molecule has 1 heterocycles. The van der Waals surface area contributed by atoms with E-state index < -0.39 is 0 Å². The highest BCUT2D eigenvalue weighted by Crippen LogP contribution is 2.27. The number of hydrogen-bond acceptors (Lipinski definition) is 3. The average Bonchev–Trinajstić information content (AvgIpc) is 2.38. The lowest BCUT2D eigenvalue weighted by molar-refractivity contribution is 1.11. The number of thioether (sulfide) groups is 1. The molecule has 0 aliphatic rings.